The van der Waals surface area contributed by atoms with Gasteiger partial charge in [-0.15, -0.1) is 0 Å². The number of alkyl halides is 3. The molecule has 1 fully saturated rings. The van der Waals surface area contributed by atoms with Crippen LogP contribution in [0.15, 0.2) is 16.6 Å². The molecule has 1 aromatic heterocycles. The van der Waals surface area contributed by atoms with Crippen molar-refractivity contribution in [3.8, 4) is 0 Å². The molecule has 8 heteroatoms. The van der Waals surface area contributed by atoms with Crippen molar-refractivity contribution in [1.82, 2.24) is 4.98 Å². The molecule has 4 nitrogen and oxygen atoms in total. The SMILES string of the molecule is O=C1CC(CO)CN1c1ccc(Br)c(C(F)(F)F)n1. The highest BCUT2D eigenvalue weighted by Gasteiger charge is 2.37. The third kappa shape index (κ3) is 2.89. The molecule has 0 spiro atoms. The zero-order valence-corrected chi connectivity index (χ0v) is 11.2. The number of carbonyl (C=O) groups is 1. The van der Waals surface area contributed by atoms with Crippen LogP contribution < -0.4 is 4.90 Å². The van der Waals surface area contributed by atoms with Crippen LogP contribution in [0.3, 0.4) is 0 Å². The van der Waals surface area contributed by atoms with Gasteiger partial charge in [0, 0.05) is 30.0 Å². The number of amides is 1. The van der Waals surface area contributed by atoms with Gasteiger partial charge in [-0.3, -0.25) is 9.69 Å². The molecular weight excluding hydrogens is 329 g/mol. The van der Waals surface area contributed by atoms with Gasteiger partial charge in [-0.25, -0.2) is 4.98 Å². The summed E-state index contributed by atoms with van der Waals surface area (Å²) < 4.78 is 38.0. The highest BCUT2D eigenvalue weighted by atomic mass is 79.9. The van der Waals surface area contributed by atoms with Crippen molar-refractivity contribution in [3.63, 3.8) is 0 Å². The lowest BCUT2D eigenvalue weighted by molar-refractivity contribution is -0.141. The summed E-state index contributed by atoms with van der Waals surface area (Å²) in [6.07, 6.45) is -4.47. The number of anilines is 1. The maximum atomic E-state index is 12.7. The predicted molar refractivity (Wildman–Crippen MR) is 64.5 cm³/mol. The number of nitrogens with zero attached hydrogens (tertiary/aromatic N) is 2. The molecule has 0 radical (unpaired) electrons. The average molecular weight is 339 g/mol. The first-order valence-electron chi connectivity index (χ1n) is 5.48. The number of rotatable bonds is 2. The lowest BCUT2D eigenvalue weighted by Gasteiger charge is -2.17. The minimum atomic E-state index is -4.59. The molecule has 1 N–H and O–H groups in total. The number of hydrogen-bond acceptors (Lipinski definition) is 3. The summed E-state index contributed by atoms with van der Waals surface area (Å²) in [5.74, 6) is -0.634. The minimum Gasteiger partial charge on any atom is -0.396 e. The number of aliphatic hydroxyl groups excluding tert-OH is 1. The highest BCUT2D eigenvalue weighted by molar-refractivity contribution is 9.10. The number of pyridine rings is 1. The fourth-order valence-electron chi connectivity index (χ4n) is 1.91. The van der Waals surface area contributed by atoms with Crippen LogP contribution in [-0.4, -0.2) is 29.1 Å². The summed E-state index contributed by atoms with van der Waals surface area (Å²) in [5.41, 5.74) is -1.06. The number of aliphatic hydroxyl groups is 1. The van der Waals surface area contributed by atoms with Gasteiger partial charge in [0.2, 0.25) is 5.91 Å². The summed E-state index contributed by atoms with van der Waals surface area (Å²) in [5, 5.41) is 8.99. The molecule has 1 aliphatic rings. The molecule has 0 aromatic carbocycles. The van der Waals surface area contributed by atoms with Gasteiger partial charge in [-0.05, 0) is 28.1 Å². The van der Waals surface area contributed by atoms with Crippen molar-refractivity contribution in [2.45, 2.75) is 12.6 Å². The molecule has 1 atom stereocenters. The van der Waals surface area contributed by atoms with Crippen LogP contribution in [0.5, 0.6) is 0 Å². The van der Waals surface area contributed by atoms with E-state index >= 15 is 0 Å². The normalized spacial score (nSPS) is 20.2. The van der Waals surface area contributed by atoms with E-state index in [-0.39, 0.29) is 41.7 Å². The second-order valence-electron chi connectivity index (χ2n) is 4.25. The fraction of sp³-hybridized carbons (Fsp3) is 0.455. The summed E-state index contributed by atoms with van der Waals surface area (Å²) in [4.78, 5) is 16.3. The van der Waals surface area contributed by atoms with Crippen molar-refractivity contribution in [2.24, 2.45) is 5.92 Å². The molecule has 104 valence electrons. The molecule has 0 saturated carbocycles. The first-order valence-corrected chi connectivity index (χ1v) is 6.27. The van der Waals surface area contributed by atoms with Gasteiger partial charge >= 0.3 is 6.18 Å². The molecule has 0 aliphatic carbocycles. The molecule has 2 heterocycles. The number of hydrogen-bond donors (Lipinski definition) is 1. The molecule has 1 aromatic rings. The molecule has 19 heavy (non-hydrogen) atoms. The van der Waals surface area contributed by atoms with E-state index in [4.69, 9.17) is 5.11 Å². The van der Waals surface area contributed by atoms with Crippen LogP contribution >= 0.6 is 15.9 Å². The Morgan fingerprint density at radius 3 is 2.68 bits per heavy atom. The molecule has 1 saturated heterocycles. The maximum Gasteiger partial charge on any atom is 0.434 e. The maximum absolute atomic E-state index is 12.7. The predicted octanol–water partition coefficient (Wildman–Crippen LogP) is 2.21. The van der Waals surface area contributed by atoms with Crippen LogP contribution in [-0.2, 0) is 11.0 Å². The van der Waals surface area contributed by atoms with Gasteiger partial charge in [0.25, 0.3) is 0 Å². The Hall–Kier alpha value is -1.15. The van der Waals surface area contributed by atoms with Crippen molar-refractivity contribution in [3.05, 3.63) is 22.3 Å². The number of halogens is 4. The van der Waals surface area contributed by atoms with Gasteiger partial charge in [0.05, 0.1) is 0 Å². The van der Waals surface area contributed by atoms with Crippen molar-refractivity contribution >= 4 is 27.7 Å². The molecule has 1 unspecified atom stereocenters. The van der Waals surface area contributed by atoms with Crippen LogP contribution in [0, 0.1) is 5.92 Å². The third-order valence-electron chi connectivity index (χ3n) is 2.84. The Labute approximate surface area is 115 Å². The van der Waals surface area contributed by atoms with Crippen molar-refractivity contribution in [2.75, 3.05) is 18.1 Å². The average Bonchev–Trinajstić information content (AvgIpc) is 2.70. The van der Waals surface area contributed by atoms with Crippen molar-refractivity contribution in [1.29, 1.82) is 0 Å². The lowest BCUT2D eigenvalue weighted by Crippen LogP contribution is -2.27. The van der Waals surface area contributed by atoms with Crippen LogP contribution in [0.25, 0.3) is 0 Å². The second-order valence-corrected chi connectivity index (χ2v) is 5.11. The fourth-order valence-corrected chi connectivity index (χ4v) is 2.35. The largest absolute Gasteiger partial charge is 0.434 e. The number of aromatic nitrogens is 1. The Morgan fingerprint density at radius 1 is 1.47 bits per heavy atom. The summed E-state index contributed by atoms with van der Waals surface area (Å²) in [6.45, 7) is 0.00611. The third-order valence-corrected chi connectivity index (χ3v) is 3.48. The van der Waals surface area contributed by atoms with E-state index in [1.165, 1.54) is 17.0 Å². The summed E-state index contributed by atoms with van der Waals surface area (Å²) in [6, 6.07) is 2.56. The standard InChI is InChI=1S/C11H10BrF3N2O2/c12-7-1-2-8(16-10(7)11(13,14)15)17-4-6(5-18)3-9(17)19/h1-2,6,18H,3-5H2. The van der Waals surface area contributed by atoms with E-state index < -0.39 is 11.9 Å². The van der Waals surface area contributed by atoms with E-state index in [0.29, 0.717) is 0 Å². The van der Waals surface area contributed by atoms with E-state index in [1.54, 1.807) is 0 Å². The van der Waals surface area contributed by atoms with Gasteiger partial charge < -0.3 is 5.11 Å². The van der Waals surface area contributed by atoms with Crippen molar-refractivity contribution < 1.29 is 23.1 Å². The Balaban J connectivity index is 2.34. The quantitative estimate of drug-likeness (QED) is 0.899. The smallest absolute Gasteiger partial charge is 0.396 e. The summed E-state index contributed by atoms with van der Waals surface area (Å²) >= 11 is 2.79. The van der Waals surface area contributed by atoms with E-state index in [1.807, 2.05) is 0 Å². The van der Waals surface area contributed by atoms with Crippen LogP contribution in [0.2, 0.25) is 0 Å². The first kappa shape index (κ1) is 14.3. The second kappa shape index (κ2) is 5.09. The number of carbonyl (C=O) groups excluding carboxylic acids is 1. The van der Waals surface area contributed by atoms with Gasteiger partial charge in [-0.1, -0.05) is 0 Å². The minimum absolute atomic E-state index is 0.0449. The Morgan fingerprint density at radius 2 is 2.16 bits per heavy atom. The molecule has 1 aliphatic heterocycles. The summed E-state index contributed by atoms with van der Waals surface area (Å²) in [7, 11) is 0. The molecular formula is C11H10BrF3N2O2. The highest BCUT2D eigenvalue weighted by Crippen LogP contribution is 2.35. The van der Waals surface area contributed by atoms with Gasteiger partial charge in [-0.2, -0.15) is 13.2 Å². The van der Waals surface area contributed by atoms with E-state index in [9.17, 15) is 18.0 Å². The molecule has 0 bridgehead atoms. The lowest BCUT2D eigenvalue weighted by atomic mass is 10.1. The zero-order chi connectivity index (χ0) is 14.2. The molecule has 2 rings (SSSR count). The van der Waals surface area contributed by atoms with Crippen LogP contribution in [0.1, 0.15) is 12.1 Å². The van der Waals surface area contributed by atoms with E-state index in [2.05, 4.69) is 20.9 Å². The first-order chi connectivity index (χ1) is 8.82. The monoisotopic (exact) mass is 338 g/mol. The van der Waals surface area contributed by atoms with Gasteiger partial charge in [0.15, 0.2) is 5.69 Å². The topological polar surface area (TPSA) is 53.4 Å². The Bertz CT molecular complexity index is 507. The van der Waals surface area contributed by atoms with Crippen LogP contribution in [0.4, 0.5) is 19.0 Å². The zero-order valence-electron chi connectivity index (χ0n) is 9.62. The molecule has 1 amide bonds. The van der Waals surface area contributed by atoms with E-state index in [0.717, 1.165) is 0 Å². The van der Waals surface area contributed by atoms with Gasteiger partial charge in [0.1, 0.15) is 5.82 Å². The Kier molecular flexibility index (Phi) is 3.82.